The Balaban J connectivity index is 2.79. The summed E-state index contributed by atoms with van der Waals surface area (Å²) in [6.45, 7) is 6.47. The van der Waals surface area contributed by atoms with Crippen LogP contribution in [0.5, 0.6) is 0 Å². The van der Waals surface area contributed by atoms with Gasteiger partial charge >= 0.3 is 0 Å². The third-order valence-corrected chi connectivity index (χ3v) is 2.77. The van der Waals surface area contributed by atoms with Gasteiger partial charge in [0.15, 0.2) is 0 Å². The first kappa shape index (κ1) is 14.4. The maximum Gasteiger partial charge on any atom is 0.253 e. The van der Waals surface area contributed by atoms with Crippen LogP contribution in [-0.2, 0) is 0 Å². The Kier molecular flexibility index (Phi) is 4.67. The predicted molar refractivity (Wildman–Crippen MR) is 71.4 cm³/mol. The summed E-state index contributed by atoms with van der Waals surface area (Å²) in [5, 5.41) is 2.92. The smallest absolute Gasteiger partial charge is 0.253 e. The van der Waals surface area contributed by atoms with Gasteiger partial charge in [0.05, 0.1) is 5.56 Å². The van der Waals surface area contributed by atoms with E-state index in [-0.39, 0.29) is 11.5 Å². The molecule has 0 aliphatic carbocycles. The molecule has 5 nitrogen and oxygen atoms in total. The molecule has 0 aliphatic heterocycles. The van der Waals surface area contributed by atoms with E-state index in [2.05, 4.69) is 24.1 Å². The van der Waals surface area contributed by atoms with E-state index in [4.69, 9.17) is 5.73 Å². The van der Waals surface area contributed by atoms with Gasteiger partial charge in [-0.05, 0) is 25.3 Å². The summed E-state index contributed by atoms with van der Waals surface area (Å²) in [7, 11) is 0. The van der Waals surface area contributed by atoms with Crippen LogP contribution in [0.15, 0.2) is 23.1 Å². The van der Waals surface area contributed by atoms with E-state index >= 15 is 0 Å². The van der Waals surface area contributed by atoms with Crippen LogP contribution >= 0.6 is 0 Å². The zero-order valence-electron chi connectivity index (χ0n) is 11.1. The molecule has 1 atom stereocenters. The Hall–Kier alpha value is -1.62. The van der Waals surface area contributed by atoms with E-state index in [1.807, 2.05) is 6.92 Å². The van der Waals surface area contributed by atoms with Gasteiger partial charge in [-0.1, -0.05) is 13.8 Å². The molecule has 0 spiro atoms. The molecule has 18 heavy (non-hydrogen) atoms. The number of aromatic nitrogens is 1. The number of nitrogens with two attached hydrogens (primary N) is 1. The maximum absolute atomic E-state index is 12.0. The molecule has 1 aromatic heterocycles. The molecule has 1 heterocycles. The first-order chi connectivity index (χ1) is 8.36. The number of pyridine rings is 1. The molecule has 0 aliphatic rings. The van der Waals surface area contributed by atoms with Crippen LogP contribution < -0.4 is 16.6 Å². The molecule has 0 saturated heterocycles. The number of H-pyrrole nitrogens is 1. The standard InChI is InChI=1S/C13H21N3O2/c1-9(2)6-13(3,8-14)16-12(18)10-4-5-11(17)15-7-10/h4-5,7,9H,6,8,14H2,1-3H3,(H,15,17)(H,16,18). The molecule has 100 valence electrons. The van der Waals surface area contributed by atoms with Gasteiger partial charge in [-0.3, -0.25) is 9.59 Å². The minimum atomic E-state index is -0.429. The normalized spacial score (nSPS) is 14.3. The minimum Gasteiger partial charge on any atom is -0.346 e. The fourth-order valence-corrected chi connectivity index (χ4v) is 1.98. The lowest BCUT2D eigenvalue weighted by molar-refractivity contribution is 0.0898. The molecular formula is C13H21N3O2. The van der Waals surface area contributed by atoms with Gasteiger partial charge in [0.25, 0.3) is 5.91 Å². The van der Waals surface area contributed by atoms with Crippen LogP contribution in [0.3, 0.4) is 0 Å². The molecule has 0 saturated carbocycles. The van der Waals surface area contributed by atoms with Crippen molar-refractivity contribution in [2.75, 3.05) is 6.54 Å². The average molecular weight is 251 g/mol. The minimum absolute atomic E-state index is 0.222. The molecule has 1 unspecified atom stereocenters. The van der Waals surface area contributed by atoms with Crippen molar-refractivity contribution < 1.29 is 4.79 Å². The number of nitrogens with one attached hydrogen (secondary N) is 2. The van der Waals surface area contributed by atoms with E-state index in [1.165, 1.54) is 18.3 Å². The SMILES string of the molecule is CC(C)CC(C)(CN)NC(=O)c1ccc(=O)[nH]c1. The summed E-state index contributed by atoms with van der Waals surface area (Å²) in [6, 6.07) is 2.83. The van der Waals surface area contributed by atoms with Gasteiger partial charge < -0.3 is 16.0 Å². The fourth-order valence-electron chi connectivity index (χ4n) is 1.98. The average Bonchev–Trinajstić information content (AvgIpc) is 2.28. The summed E-state index contributed by atoms with van der Waals surface area (Å²) in [6.07, 6.45) is 2.21. The lowest BCUT2D eigenvalue weighted by atomic mass is 9.90. The number of hydrogen-bond donors (Lipinski definition) is 3. The number of carbonyl (C=O) groups excluding carboxylic acids is 1. The van der Waals surface area contributed by atoms with E-state index in [0.717, 1.165) is 6.42 Å². The highest BCUT2D eigenvalue weighted by molar-refractivity contribution is 5.94. The predicted octanol–water partition coefficient (Wildman–Crippen LogP) is 0.868. The highest BCUT2D eigenvalue weighted by Crippen LogP contribution is 2.15. The molecule has 0 fully saturated rings. The van der Waals surface area contributed by atoms with Crippen LogP contribution in [0.1, 0.15) is 37.6 Å². The van der Waals surface area contributed by atoms with Crippen molar-refractivity contribution in [1.82, 2.24) is 10.3 Å². The van der Waals surface area contributed by atoms with Gasteiger partial charge in [0.1, 0.15) is 0 Å². The Bertz CT molecular complexity index is 447. The highest BCUT2D eigenvalue weighted by Gasteiger charge is 2.26. The lowest BCUT2D eigenvalue weighted by Crippen LogP contribution is -2.52. The first-order valence-electron chi connectivity index (χ1n) is 6.07. The van der Waals surface area contributed by atoms with Crippen LogP contribution in [-0.4, -0.2) is 23.0 Å². The zero-order chi connectivity index (χ0) is 13.8. The van der Waals surface area contributed by atoms with E-state index in [1.54, 1.807) is 0 Å². The van der Waals surface area contributed by atoms with Crippen molar-refractivity contribution in [3.05, 3.63) is 34.2 Å². The molecule has 1 rings (SSSR count). The monoisotopic (exact) mass is 251 g/mol. The summed E-state index contributed by atoms with van der Waals surface area (Å²) in [5.74, 6) is 0.217. The van der Waals surface area contributed by atoms with Crippen molar-refractivity contribution in [2.45, 2.75) is 32.7 Å². The number of rotatable bonds is 5. The molecule has 4 N–H and O–H groups in total. The van der Waals surface area contributed by atoms with Crippen LogP contribution in [0, 0.1) is 5.92 Å². The van der Waals surface area contributed by atoms with Gasteiger partial charge in [0, 0.05) is 24.3 Å². The number of amides is 1. The number of carbonyl (C=O) groups is 1. The second kappa shape index (κ2) is 5.82. The molecule has 5 heteroatoms. The van der Waals surface area contributed by atoms with E-state index < -0.39 is 5.54 Å². The summed E-state index contributed by atoms with van der Waals surface area (Å²) in [5.41, 5.74) is 5.51. The summed E-state index contributed by atoms with van der Waals surface area (Å²) < 4.78 is 0. The largest absolute Gasteiger partial charge is 0.346 e. The molecule has 0 radical (unpaired) electrons. The molecule has 0 bridgehead atoms. The lowest BCUT2D eigenvalue weighted by Gasteiger charge is -2.31. The quantitative estimate of drug-likeness (QED) is 0.725. The van der Waals surface area contributed by atoms with Crippen molar-refractivity contribution in [1.29, 1.82) is 0 Å². The van der Waals surface area contributed by atoms with E-state index in [0.29, 0.717) is 18.0 Å². The number of aromatic amines is 1. The van der Waals surface area contributed by atoms with Crippen LogP contribution in [0.25, 0.3) is 0 Å². The maximum atomic E-state index is 12.0. The van der Waals surface area contributed by atoms with Gasteiger partial charge in [-0.2, -0.15) is 0 Å². The van der Waals surface area contributed by atoms with Crippen LogP contribution in [0.2, 0.25) is 0 Å². The van der Waals surface area contributed by atoms with Crippen molar-refractivity contribution in [3.8, 4) is 0 Å². The van der Waals surface area contributed by atoms with Crippen molar-refractivity contribution >= 4 is 5.91 Å². The van der Waals surface area contributed by atoms with Gasteiger partial charge in [-0.15, -0.1) is 0 Å². The van der Waals surface area contributed by atoms with E-state index in [9.17, 15) is 9.59 Å². The molecule has 1 aromatic rings. The Morgan fingerprint density at radius 1 is 1.50 bits per heavy atom. The first-order valence-corrected chi connectivity index (χ1v) is 6.07. The second-order valence-electron chi connectivity index (χ2n) is 5.26. The zero-order valence-corrected chi connectivity index (χ0v) is 11.1. The Morgan fingerprint density at radius 3 is 2.61 bits per heavy atom. The summed E-state index contributed by atoms with van der Waals surface area (Å²) in [4.78, 5) is 25.4. The Labute approximate surface area is 107 Å². The fraction of sp³-hybridized carbons (Fsp3) is 0.538. The third-order valence-electron chi connectivity index (χ3n) is 2.77. The van der Waals surface area contributed by atoms with Crippen molar-refractivity contribution in [2.24, 2.45) is 11.7 Å². The van der Waals surface area contributed by atoms with Gasteiger partial charge in [-0.25, -0.2) is 0 Å². The molecular weight excluding hydrogens is 230 g/mol. The highest BCUT2D eigenvalue weighted by atomic mass is 16.2. The molecule has 0 aromatic carbocycles. The Morgan fingerprint density at radius 2 is 2.17 bits per heavy atom. The topological polar surface area (TPSA) is 88.0 Å². The van der Waals surface area contributed by atoms with Crippen LogP contribution in [0.4, 0.5) is 0 Å². The van der Waals surface area contributed by atoms with Crippen molar-refractivity contribution in [3.63, 3.8) is 0 Å². The molecule has 1 amide bonds. The third kappa shape index (κ3) is 4.00. The summed E-state index contributed by atoms with van der Waals surface area (Å²) >= 11 is 0. The van der Waals surface area contributed by atoms with Gasteiger partial charge in [0.2, 0.25) is 5.56 Å². The second-order valence-corrected chi connectivity index (χ2v) is 5.26. The number of hydrogen-bond acceptors (Lipinski definition) is 3.